The molecule has 0 rings (SSSR count). The predicted molar refractivity (Wildman–Crippen MR) is 85.9 cm³/mol. The Morgan fingerprint density at radius 2 is 0.276 bits per heavy atom. The van der Waals surface area contributed by atoms with Crippen LogP contribution in [-0.2, 0) is 5.48 Å². The molecule has 0 saturated heterocycles. The molecule has 0 atom stereocenters. The predicted octanol–water partition coefficient (Wildman–Crippen LogP) is -3.08. The maximum Gasteiger partial charge on any atom is 2.00 e. The zero-order valence-electron chi connectivity index (χ0n) is 13.3. The minimum Gasteiger partial charge on any atom is -2.00 e. The molecule has 0 aliphatic rings. The van der Waals surface area contributed by atoms with E-state index in [2.05, 4.69) is 0 Å². The summed E-state index contributed by atoms with van der Waals surface area (Å²) in [5, 5.41) is 88.5. The SMILES string of the molecule is O=[N+]([O-])[O-].O=[N+]([O-])[O-].O=[N+]([O-])[O-].O=[N+]([O-])[O-].O=[N+]([O-])[O-].O=[N+]([O-])[O-].[Be+2].[Be+2].[Be+2].[Be+2].[O-2]. The first kappa shape index (κ1) is 73.7. The quantitative estimate of drug-likeness (QED) is 0.211. The van der Waals surface area contributed by atoms with Gasteiger partial charge in [-0.25, -0.2) is 0 Å². The van der Waals surface area contributed by atoms with Gasteiger partial charge in [-0.05, 0) is 0 Å². The van der Waals surface area contributed by atoms with Crippen LogP contribution in [-0.4, -0.2) is 71.0 Å². The maximum absolute atomic E-state index is 8.25. The summed E-state index contributed by atoms with van der Waals surface area (Å²) in [7, 11) is 0. The molecule has 152 valence electrons. The molecule has 0 unspecified atom stereocenters. The second kappa shape index (κ2) is 64.9. The van der Waals surface area contributed by atoms with Crippen LogP contribution in [0.1, 0.15) is 0 Å². The van der Waals surface area contributed by atoms with Crippen molar-refractivity contribution in [3.63, 3.8) is 0 Å². The fourth-order valence-corrected chi connectivity index (χ4v) is 0. The van der Waals surface area contributed by atoms with Crippen LogP contribution in [0.3, 0.4) is 0 Å². The summed E-state index contributed by atoms with van der Waals surface area (Å²) in [4.78, 5) is 49.5. The van der Waals surface area contributed by atoms with Crippen molar-refractivity contribution in [2.75, 3.05) is 0 Å². The normalized spacial score (nSPS) is 4.97. The van der Waals surface area contributed by atoms with Gasteiger partial charge in [-0.2, -0.15) is 0 Å². The van der Waals surface area contributed by atoms with Crippen molar-refractivity contribution in [2.45, 2.75) is 0 Å². The monoisotopic (exact) mass is 424 g/mol. The second-order valence-electron chi connectivity index (χ2n) is 1.34. The molecule has 0 amide bonds. The van der Waals surface area contributed by atoms with Gasteiger partial charge in [0.25, 0.3) is 0 Å². The van der Waals surface area contributed by atoms with Gasteiger partial charge in [0, 0.05) is 0 Å². The van der Waals surface area contributed by atoms with E-state index < -0.39 is 30.5 Å². The summed E-state index contributed by atoms with van der Waals surface area (Å²) in [5.41, 5.74) is 0. The van der Waals surface area contributed by atoms with Crippen LogP contribution in [0.5, 0.6) is 0 Å². The average molecular weight is 424 g/mol. The van der Waals surface area contributed by atoms with Gasteiger partial charge in [-0.3, -0.25) is 0 Å². The third-order valence-electron chi connectivity index (χ3n) is 0. The average Bonchev–Trinajstić information content (AvgIpc) is 2.08. The van der Waals surface area contributed by atoms with Gasteiger partial charge < -0.3 is 97.4 Å². The topological polar surface area (TPSA) is 426 Å². The van der Waals surface area contributed by atoms with Gasteiger partial charge in [0.2, 0.25) is 0 Å². The van der Waals surface area contributed by atoms with Crippen molar-refractivity contribution >= 4 is 40.5 Å². The summed E-state index contributed by atoms with van der Waals surface area (Å²) < 4.78 is 0. The van der Waals surface area contributed by atoms with E-state index in [0.717, 1.165) is 0 Å². The third-order valence-corrected chi connectivity index (χ3v) is 0. The summed E-state index contributed by atoms with van der Waals surface area (Å²) in [6.07, 6.45) is 0. The van der Waals surface area contributed by atoms with E-state index in [1.165, 1.54) is 0 Å². The number of hydrogen-bond donors (Lipinski definition) is 0. The Bertz CT molecular complexity index is 268. The van der Waals surface area contributed by atoms with Crippen molar-refractivity contribution in [2.24, 2.45) is 0 Å². The Labute approximate surface area is 169 Å². The Kier molecular flexibility index (Phi) is 165. The zero-order valence-corrected chi connectivity index (χ0v) is 13.3. The largest absolute Gasteiger partial charge is 2.00 e. The van der Waals surface area contributed by atoms with Crippen molar-refractivity contribution < 1.29 is 36.0 Å². The molecule has 29 heavy (non-hydrogen) atoms. The Hall–Kier alpha value is -4.16. The Morgan fingerprint density at radius 3 is 0.276 bits per heavy atom. The first-order valence-corrected chi connectivity index (χ1v) is 3.29. The third kappa shape index (κ3) is 655. The van der Waals surface area contributed by atoms with E-state index in [4.69, 9.17) is 91.9 Å². The first-order valence-electron chi connectivity index (χ1n) is 3.29. The van der Waals surface area contributed by atoms with Gasteiger partial charge in [0.05, 0.1) is 30.5 Å². The maximum atomic E-state index is 8.25. The first-order chi connectivity index (χ1) is 10.4. The van der Waals surface area contributed by atoms with Crippen LogP contribution in [0, 0.1) is 91.9 Å². The van der Waals surface area contributed by atoms with Crippen LogP contribution in [0.2, 0.25) is 0 Å². The van der Waals surface area contributed by atoms with Gasteiger partial charge in [-0.15, -0.1) is 0 Å². The van der Waals surface area contributed by atoms with E-state index in [0.29, 0.717) is 0 Å². The van der Waals surface area contributed by atoms with Crippen LogP contribution < -0.4 is 0 Å². The summed E-state index contributed by atoms with van der Waals surface area (Å²) in [6, 6.07) is 0. The molecule has 29 heteroatoms. The number of nitrogens with zero attached hydrogens (tertiary/aromatic N) is 6. The van der Waals surface area contributed by atoms with Crippen LogP contribution in [0.4, 0.5) is 0 Å². The fourth-order valence-electron chi connectivity index (χ4n) is 0. The summed E-state index contributed by atoms with van der Waals surface area (Å²) in [5.74, 6) is 0. The molecule has 0 aromatic heterocycles. The molecule has 25 nitrogen and oxygen atoms in total. The molecule has 0 bridgehead atoms. The van der Waals surface area contributed by atoms with E-state index in [-0.39, 0.29) is 46.0 Å². The zero-order chi connectivity index (χ0) is 21.5. The summed E-state index contributed by atoms with van der Waals surface area (Å²) >= 11 is 0. The molecule has 0 radical (unpaired) electrons. The molecule has 0 N–H and O–H groups in total. The van der Waals surface area contributed by atoms with Crippen molar-refractivity contribution in [1.29, 1.82) is 0 Å². The van der Waals surface area contributed by atoms with Gasteiger partial charge in [0.15, 0.2) is 0 Å². The van der Waals surface area contributed by atoms with E-state index >= 15 is 0 Å². The smallest absolute Gasteiger partial charge is 2.00 e. The van der Waals surface area contributed by atoms with Gasteiger partial charge >= 0.3 is 40.5 Å². The molecular weight excluding hydrogens is 424 g/mol. The number of hydrogen-bond acceptors (Lipinski definition) is 18. The van der Waals surface area contributed by atoms with Crippen molar-refractivity contribution in [3.05, 3.63) is 91.9 Å². The van der Waals surface area contributed by atoms with Crippen molar-refractivity contribution in [1.82, 2.24) is 0 Å². The molecule has 0 aromatic carbocycles. The molecule has 0 heterocycles. The minimum atomic E-state index is -1.75. The standard InChI is InChI=1S/4Be.6NO3.O/c;;;;6*2-1(3)4;/q4*+2;6*-1;-2. The second-order valence-corrected chi connectivity index (χ2v) is 1.34. The molecule has 0 aromatic rings. The fraction of sp³-hybridized carbons (Fsp3) is 0. The van der Waals surface area contributed by atoms with Gasteiger partial charge in [0.1, 0.15) is 0 Å². The van der Waals surface area contributed by atoms with Crippen LogP contribution >= 0.6 is 0 Å². The van der Waals surface area contributed by atoms with E-state index in [9.17, 15) is 0 Å². The molecule has 0 aliphatic heterocycles. The Morgan fingerprint density at radius 1 is 0.276 bits per heavy atom. The van der Waals surface area contributed by atoms with Crippen LogP contribution in [0.15, 0.2) is 0 Å². The minimum absolute atomic E-state index is 0. The van der Waals surface area contributed by atoms with E-state index in [1.807, 2.05) is 0 Å². The molecule has 0 fully saturated rings. The molecular formula is Be4N6O19. The molecule has 0 aliphatic carbocycles. The Balaban J connectivity index is -0.0000000144. The van der Waals surface area contributed by atoms with Gasteiger partial charge in [-0.1, -0.05) is 0 Å². The van der Waals surface area contributed by atoms with Crippen molar-refractivity contribution in [3.8, 4) is 0 Å². The molecule has 0 saturated carbocycles. The van der Waals surface area contributed by atoms with Crippen LogP contribution in [0.25, 0.3) is 0 Å². The number of rotatable bonds is 0. The summed E-state index contributed by atoms with van der Waals surface area (Å²) in [6.45, 7) is 0. The van der Waals surface area contributed by atoms with E-state index in [1.54, 1.807) is 0 Å². The molecule has 0 spiro atoms.